The van der Waals surface area contributed by atoms with Crippen molar-refractivity contribution < 1.29 is 22.6 Å². The van der Waals surface area contributed by atoms with Crippen LogP contribution in [0.1, 0.15) is 35.8 Å². The topological polar surface area (TPSA) is 18.5 Å². The fourth-order valence-corrected chi connectivity index (χ4v) is 3.52. The zero-order valence-corrected chi connectivity index (χ0v) is 16.8. The zero-order chi connectivity index (χ0) is 21.8. The van der Waals surface area contributed by atoms with Gasteiger partial charge in [0.1, 0.15) is 5.82 Å². The van der Waals surface area contributed by atoms with E-state index in [1.807, 2.05) is 6.08 Å². The van der Waals surface area contributed by atoms with Crippen molar-refractivity contribution in [1.82, 2.24) is 0 Å². The lowest BCUT2D eigenvalue weighted by atomic mass is 10.0. The van der Waals surface area contributed by atoms with Crippen LogP contribution in [0.2, 0.25) is 0 Å². The van der Waals surface area contributed by atoms with Crippen molar-refractivity contribution in [2.45, 2.75) is 19.1 Å². The number of halogens is 3. The maximum atomic E-state index is 14.6. The number of allylic oxidation sites excluding steroid dienone is 1. The van der Waals surface area contributed by atoms with Crippen molar-refractivity contribution in [1.29, 1.82) is 0 Å². The van der Waals surface area contributed by atoms with Crippen molar-refractivity contribution in [3.8, 4) is 11.8 Å². The minimum Gasteiger partial charge on any atom is -0.348 e. The molecule has 0 atom stereocenters. The van der Waals surface area contributed by atoms with Crippen LogP contribution in [0.15, 0.2) is 61.2 Å². The molecular formula is C26H21F3O2. The Balaban J connectivity index is 1.47. The average Bonchev–Trinajstić information content (AvgIpc) is 2.79. The van der Waals surface area contributed by atoms with Gasteiger partial charge in [0.15, 0.2) is 17.9 Å². The summed E-state index contributed by atoms with van der Waals surface area (Å²) in [6, 6.07) is 11.9. The summed E-state index contributed by atoms with van der Waals surface area (Å²) >= 11 is 0. The third-order valence-corrected chi connectivity index (χ3v) is 5.26. The first kappa shape index (κ1) is 21.2. The van der Waals surface area contributed by atoms with Crippen LogP contribution < -0.4 is 0 Å². The van der Waals surface area contributed by atoms with Gasteiger partial charge in [0.25, 0.3) is 0 Å². The molecule has 1 heterocycles. The molecule has 0 amide bonds. The Morgan fingerprint density at radius 3 is 2.48 bits per heavy atom. The number of hydrogen-bond donors (Lipinski definition) is 0. The van der Waals surface area contributed by atoms with Crippen LogP contribution in [-0.4, -0.2) is 13.2 Å². The van der Waals surface area contributed by atoms with E-state index >= 15 is 0 Å². The van der Waals surface area contributed by atoms with Gasteiger partial charge < -0.3 is 9.47 Å². The smallest absolute Gasteiger partial charge is 0.183 e. The molecule has 0 aromatic heterocycles. The molecule has 3 aromatic carbocycles. The van der Waals surface area contributed by atoms with E-state index in [4.69, 9.17) is 9.47 Å². The Labute approximate surface area is 179 Å². The molecule has 1 aliphatic rings. The van der Waals surface area contributed by atoms with Gasteiger partial charge in [0.2, 0.25) is 0 Å². The van der Waals surface area contributed by atoms with E-state index in [2.05, 4.69) is 18.4 Å². The Kier molecular flexibility index (Phi) is 6.41. The van der Waals surface area contributed by atoms with Gasteiger partial charge in [-0.3, -0.25) is 0 Å². The highest BCUT2D eigenvalue weighted by molar-refractivity contribution is 5.84. The molecule has 0 saturated carbocycles. The van der Waals surface area contributed by atoms with Crippen molar-refractivity contribution in [3.05, 3.63) is 95.3 Å². The first-order chi connectivity index (χ1) is 15.0. The molecule has 0 unspecified atom stereocenters. The summed E-state index contributed by atoms with van der Waals surface area (Å²) in [7, 11) is 0. The monoisotopic (exact) mass is 422 g/mol. The highest BCUT2D eigenvalue weighted by Gasteiger charge is 2.23. The predicted octanol–water partition coefficient (Wildman–Crippen LogP) is 6.28. The zero-order valence-electron chi connectivity index (χ0n) is 16.8. The largest absolute Gasteiger partial charge is 0.348 e. The fraction of sp³-hybridized carbons (Fsp3) is 0.231. The Bertz CT molecular complexity index is 1170. The molecule has 4 rings (SSSR count). The van der Waals surface area contributed by atoms with Crippen molar-refractivity contribution >= 4 is 10.8 Å². The number of rotatable bonds is 4. The Hall–Kier alpha value is -3.07. The van der Waals surface area contributed by atoms with Crippen LogP contribution in [0, 0.1) is 35.2 Å². The van der Waals surface area contributed by atoms with E-state index in [0.717, 1.165) is 18.9 Å². The second-order valence-corrected chi connectivity index (χ2v) is 7.52. The van der Waals surface area contributed by atoms with Gasteiger partial charge in [-0.2, -0.15) is 0 Å². The van der Waals surface area contributed by atoms with Crippen LogP contribution in [0.25, 0.3) is 10.8 Å². The molecule has 1 aliphatic heterocycles. The molecule has 0 radical (unpaired) electrons. The highest BCUT2D eigenvalue weighted by Crippen LogP contribution is 2.28. The van der Waals surface area contributed by atoms with E-state index in [1.165, 1.54) is 18.2 Å². The minimum absolute atomic E-state index is 0.181. The first-order valence-electron chi connectivity index (χ1n) is 10.1. The highest BCUT2D eigenvalue weighted by atomic mass is 19.2. The SMILES string of the molecule is C=CCCC1COC(c2ccc(C#Cc3ccc4c(F)c(F)ccc4c3)c(F)c2)OC1. The normalized spacial score (nSPS) is 18.4. The van der Waals surface area contributed by atoms with Crippen LogP contribution >= 0.6 is 0 Å². The van der Waals surface area contributed by atoms with E-state index in [-0.39, 0.29) is 10.9 Å². The van der Waals surface area contributed by atoms with Crippen molar-refractivity contribution in [2.75, 3.05) is 13.2 Å². The number of benzene rings is 3. The molecule has 2 nitrogen and oxygen atoms in total. The van der Waals surface area contributed by atoms with Gasteiger partial charge in [0.05, 0.1) is 18.8 Å². The Morgan fingerprint density at radius 1 is 0.935 bits per heavy atom. The van der Waals surface area contributed by atoms with E-state index in [9.17, 15) is 13.2 Å². The average molecular weight is 422 g/mol. The first-order valence-corrected chi connectivity index (χ1v) is 10.1. The molecule has 0 spiro atoms. The maximum absolute atomic E-state index is 14.6. The molecule has 5 heteroatoms. The summed E-state index contributed by atoms with van der Waals surface area (Å²) < 4.78 is 53.2. The van der Waals surface area contributed by atoms with Crippen LogP contribution in [0.3, 0.4) is 0 Å². The minimum atomic E-state index is -0.897. The molecule has 1 saturated heterocycles. The van der Waals surface area contributed by atoms with Crippen molar-refractivity contribution in [2.24, 2.45) is 5.92 Å². The number of ether oxygens (including phenoxy) is 2. The van der Waals surface area contributed by atoms with Crippen LogP contribution in [-0.2, 0) is 9.47 Å². The van der Waals surface area contributed by atoms with E-state index < -0.39 is 23.7 Å². The summed E-state index contributed by atoms with van der Waals surface area (Å²) in [4.78, 5) is 0. The van der Waals surface area contributed by atoms with Gasteiger partial charge in [-0.25, -0.2) is 13.2 Å². The summed E-state index contributed by atoms with van der Waals surface area (Å²) in [6.45, 7) is 4.84. The van der Waals surface area contributed by atoms with Gasteiger partial charge >= 0.3 is 0 Å². The maximum Gasteiger partial charge on any atom is 0.183 e. The second-order valence-electron chi connectivity index (χ2n) is 7.52. The Morgan fingerprint density at radius 2 is 1.74 bits per heavy atom. The summed E-state index contributed by atoms with van der Waals surface area (Å²) in [6.07, 6.45) is 3.15. The van der Waals surface area contributed by atoms with E-state index in [1.54, 1.807) is 24.3 Å². The fourth-order valence-electron chi connectivity index (χ4n) is 3.52. The van der Waals surface area contributed by atoms with Crippen LogP contribution in [0.5, 0.6) is 0 Å². The van der Waals surface area contributed by atoms with Gasteiger partial charge in [0, 0.05) is 22.4 Å². The standard InChI is InChI=1S/C26H21F3O2/c1-2-3-4-18-15-30-26(31-16-18)21-9-8-19(24(28)14-21)7-5-17-6-11-22-20(13-17)10-12-23(27)25(22)29/h2,6,8-14,18,26H,1,3-4,15-16H2. The van der Waals surface area contributed by atoms with Gasteiger partial charge in [-0.05, 0) is 48.6 Å². The lowest BCUT2D eigenvalue weighted by Gasteiger charge is -2.29. The molecular weight excluding hydrogens is 401 g/mol. The predicted molar refractivity (Wildman–Crippen MR) is 114 cm³/mol. The van der Waals surface area contributed by atoms with Gasteiger partial charge in [-0.15, -0.1) is 6.58 Å². The van der Waals surface area contributed by atoms with Gasteiger partial charge in [-0.1, -0.05) is 36.1 Å². The molecule has 31 heavy (non-hydrogen) atoms. The molecule has 0 N–H and O–H groups in total. The summed E-state index contributed by atoms with van der Waals surface area (Å²) in [5.74, 6) is 3.73. The molecule has 0 bridgehead atoms. The van der Waals surface area contributed by atoms with E-state index in [0.29, 0.717) is 35.6 Å². The number of fused-ring (bicyclic) bond motifs is 1. The third kappa shape index (κ3) is 4.82. The molecule has 3 aromatic rings. The molecule has 1 fully saturated rings. The molecule has 0 aliphatic carbocycles. The lowest BCUT2D eigenvalue weighted by molar-refractivity contribution is -0.205. The lowest BCUT2D eigenvalue weighted by Crippen LogP contribution is -2.27. The van der Waals surface area contributed by atoms with Crippen molar-refractivity contribution in [3.63, 3.8) is 0 Å². The summed E-state index contributed by atoms with van der Waals surface area (Å²) in [5, 5.41) is 0.708. The summed E-state index contributed by atoms with van der Waals surface area (Å²) in [5.41, 5.74) is 1.41. The third-order valence-electron chi connectivity index (χ3n) is 5.26. The second kappa shape index (κ2) is 9.38. The molecule has 158 valence electrons. The number of hydrogen-bond acceptors (Lipinski definition) is 2. The quantitative estimate of drug-likeness (QED) is 0.364. The van der Waals surface area contributed by atoms with Crippen LogP contribution in [0.4, 0.5) is 13.2 Å².